The summed E-state index contributed by atoms with van der Waals surface area (Å²) in [6, 6.07) is 148. The van der Waals surface area contributed by atoms with Crippen LogP contribution in [-0.4, -0.2) is 9.13 Å². The lowest BCUT2D eigenvalue weighted by molar-refractivity contribution is 0.660. The summed E-state index contributed by atoms with van der Waals surface area (Å²) in [6.45, 7) is 9.30. The first-order valence-corrected chi connectivity index (χ1v) is 42.3. The molecule has 24 rings (SSSR count). The molecular weight excluding hydrogens is 1550 g/mol. The number of aromatic nitrogens is 2. The Balaban J connectivity index is 0.000000126. The average molecular weight is 1630 g/mol. The number of nitrogens with one attached hydrogen (secondary N) is 1. The standard InChI is InChI=1S/C57H40N2O.C36H22BrNO.C21H19N.CH4/c1-57(2)50-23-10-6-20-44(50)49-35-41(29-32-51(49)57)58(40-17-4-3-5-18-40)52-24-11-7-19-43(52)39-16-14-15-37(33-39)38-27-30-46-45-21-8-12-25-53(45)59(54(46)34-38)42-28-31-48-47-22-9-13-26-55(47)60-56(48)36-42;37-32-13-4-1-10-27(32)25-9-7-8-23(20-25)24-16-18-29-28-11-2-5-14-33(28)38(34(29)21-24)26-17-19-31-30-12-3-6-15-35(30)39-36(31)22-26;1-21(2)19-11-7-6-10-17(19)18-14-16(12-13-20(18)21)22-15-8-4-3-5-9-15;/h3-36H,1-2H3;1-22H;3-14,22H,1-2H3;1H4. The van der Waals surface area contributed by atoms with Crippen molar-refractivity contribution in [2.24, 2.45) is 0 Å². The van der Waals surface area contributed by atoms with Gasteiger partial charge in [-0.2, -0.15) is 0 Å². The molecule has 0 atom stereocenters. The molecule has 4 heterocycles. The summed E-state index contributed by atoms with van der Waals surface area (Å²) in [6.07, 6.45) is 0. The van der Waals surface area contributed by atoms with Gasteiger partial charge in [-0.1, -0.05) is 318 Å². The zero-order valence-corrected chi connectivity index (χ0v) is 68.9. The molecule has 18 aromatic carbocycles. The molecule has 0 bridgehead atoms. The molecular formula is C115H85BrN4O2. The lowest BCUT2D eigenvalue weighted by Crippen LogP contribution is -2.15. The molecule has 0 unspecified atom stereocenters. The molecule has 2 aliphatic rings. The lowest BCUT2D eigenvalue weighted by Gasteiger charge is -2.29. The molecule has 0 aliphatic heterocycles. The number of fused-ring (bicyclic) bond motifs is 18. The maximum atomic E-state index is 6.37. The van der Waals surface area contributed by atoms with E-state index < -0.39 is 0 Å². The van der Waals surface area contributed by atoms with Crippen LogP contribution in [0.2, 0.25) is 0 Å². The van der Waals surface area contributed by atoms with E-state index in [4.69, 9.17) is 8.83 Å². The van der Waals surface area contributed by atoms with Gasteiger partial charge in [0.15, 0.2) is 0 Å². The minimum absolute atomic E-state index is 0. The molecule has 584 valence electrons. The van der Waals surface area contributed by atoms with Gasteiger partial charge < -0.3 is 28.2 Å². The van der Waals surface area contributed by atoms with E-state index in [0.717, 1.165) is 110 Å². The Hall–Kier alpha value is -14.8. The molecule has 4 aromatic heterocycles. The predicted octanol–water partition coefficient (Wildman–Crippen LogP) is 32.9. The van der Waals surface area contributed by atoms with Crippen molar-refractivity contribution in [1.29, 1.82) is 0 Å². The molecule has 7 heteroatoms. The van der Waals surface area contributed by atoms with Crippen LogP contribution in [-0.2, 0) is 10.8 Å². The van der Waals surface area contributed by atoms with Crippen molar-refractivity contribution in [2.75, 3.05) is 10.2 Å². The summed E-state index contributed by atoms with van der Waals surface area (Å²) >= 11 is 3.72. The Morgan fingerprint density at radius 1 is 0.254 bits per heavy atom. The molecule has 0 saturated heterocycles. The highest BCUT2D eigenvalue weighted by atomic mass is 79.9. The maximum absolute atomic E-state index is 6.37. The second-order valence-corrected chi connectivity index (χ2v) is 33.7. The zero-order chi connectivity index (χ0) is 81.0. The van der Waals surface area contributed by atoms with Gasteiger partial charge in [0, 0.05) is 110 Å². The molecule has 22 aromatic rings. The highest BCUT2D eigenvalue weighted by molar-refractivity contribution is 9.10. The largest absolute Gasteiger partial charge is 0.456 e. The minimum Gasteiger partial charge on any atom is -0.456 e. The van der Waals surface area contributed by atoms with E-state index in [1.54, 1.807) is 0 Å². The number of anilines is 5. The van der Waals surface area contributed by atoms with E-state index in [-0.39, 0.29) is 18.3 Å². The lowest BCUT2D eigenvalue weighted by atomic mass is 9.82. The molecule has 0 spiro atoms. The number of hydrogen-bond acceptors (Lipinski definition) is 4. The van der Waals surface area contributed by atoms with Crippen LogP contribution in [0.25, 0.3) is 166 Å². The molecule has 1 N–H and O–H groups in total. The molecule has 2 aliphatic carbocycles. The Labute approximate surface area is 718 Å². The van der Waals surface area contributed by atoms with Crippen LogP contribution in [0.5, 0.6) is 0 Å². The van der Waals surface area contributed by atoms with Gasteiger partial charge in [0.1, 0.15) is 22.3 Å². The quantitative estimate of drug-likeness (QED) is 0.140. The van der Waals surface area contributed by atoms with E-state index in [0.29, 0.717) is 0 Å². The normalized spacial score (nSPS) is 12.7. The Kier molecular flexibility index (Phi) is 18.5. The van der Waals surface area contributed by atoms with Crippen LogP contribution in [0.3, 0.4) is 0 Å². The molecule has 122 heavy (non-hydrogen) atoms. The predicted molar refractivity (Wildman–Crippen MR) is 518 cm³/mol. The van der Waals surface area contributed by atoms with Crippen molar-refractivity contribution in [3.05, 3.63) is 439 Å². The van der Waals surface area contributed by atoms with Crippen LogP contribution in [0.15, 0.2) is 426 Å². The third-order valence-electron chi connectivity index (χ3n) is 25.1. The molecule has 0 radical (unpaired) electrons. The second kappa shape index (κ2) is 30.2. The van der Waals surface area contributed by atoms with Gasteiger partial charge in [-0.25, -0.2) is 0 Å². The van der Waals surface area contributed by atoms with Gasteiger partial charge >= 0.3 is 0 Å². The summed E-state index contributed by atoms with van der Waals surface area (Å²) in [5.74, 6) is 0. The topological polar surface area (TPSA) is 51.4 Å². The first-order chi connectivity index (χ1) is 59.4. The molecule has 0 amide bonds. The monoisotopic (exact) mass is 1630 g/mol. The third-order valence-corrected chi connectivity index (χ3v) is 25.8. The highest BCUT2D eigenvalue weighted by Gasteiger charge is 2.37. The molecule has 0 saturated carbocycles. The summed E-state index contributed by atoms with van der Waals surface area (Å²) < 4.78 is 18.5. The van der Waals surface area contributed by atoms with Gasteiger partial charge in [0.05, 0.1) is 27.8 Å². The smallest absolute Gasteiger partial charge is 0.137 e. The number of halogens is 1. The second-order valence-electron chi connectivity index (χ2n) is 32.9. The maximum Gasteiger partial charge on any atom is 0.137 e. The Bertz CT molecular complexity index is 7850. The van der Waals surface area contributed by atoms with Crippen molar-refractivity contribution < 1.29 is 8.83 Å². The number of nitrogens with zero attached hydrogens (tertiary/aromatic N) is 3. The fourth-order valence-corrected chi connectivity index (χ4v) is 19.8. The summed E-state index contributed by atoms with van der Waals surface area (Å²) in [5.41, 5.74) is 36.4. The van der Waals surface area contributed by atoms with Crippen molar-refractivity contribution in [1.82, 2.24) is 9.13 Å². The Morgan fingerprint density at radius 2 is 0.656 bits per heavy atom. The van der Waals surface area contributed by atoms with Gasteiger partial charge in [-0.05, 0) is 217 Å². The summed E-state index contributed by atoms with van der Waals surface area (Å²) in [5, 5.41) is 13.0. The third kappa shape index (κ3) is 12.8. The fraction of sp³-hybridized carbons (Fsp3) is 0.0609. The van der Waals surface area contributed by atoms with Crippen LogP contribution in [0.1, 0.15) is 57.4 Å². The van der Waals surface area contributed by atoms with Crippen molar-refractivity contribution in [3.63, 3.8) is 0 Å². The number of para-hydroxylation sites is 7. The first kappa shape index (κ1) is 74.8. The van der Waals surface area contributed by atoms with Gasteiger partial charge in [-0.15, -0.1) is 0 Å². The van der Waals surface area contributed by atoms with Crippen molar-refractivity contribution in [2.45, 2.75) is 46.0 Å². The zero-order valence-electron chi connectivity index (χ0n) is 67.3. The highest BCUT2D eigenvalue weighted by Crippen LogP contribution is 2.53. The number of rotatable bonds is 11. The van der Waals surface area contributed by atoms with Gasteiger partial charge in [0.2, 0.25) is 0 Å². The number of furan rings is 2. The molecule has 6 nitrogen and oxygen atoms in total. The Morgan fingerprint density at radius 3 is 1.21 bits per heavy atom. The van der Waals surface area contributed by atoms with Crippen molar-refractivity contribution >= 4 is 132 Å². The van der Waals surface area contributed by atoms with E-state index in [1.807, 2.05) is 48.5 Å². The first-order valence-electron chi connectivity index (χ1n) is 41.5. The van der Waals surface area contributed by atoms with E-state index in [9.17, 15) is 0 Å². The SMILES string of the molecule is Brc1ccccc1-c1cccc(-c2ccc3c4ccccc4n(-c4ccc5c(c4)oc4ccccc45)c3c2)c1.C.CC1(C)c2ccccc2-c2cc(N(c3ccccc3)c3ccccc3-c3cccc(-c4ccc5c6ccccc6n(-c6ccc7c(c6)oc6ccccc67)c5c4)c3)ccc21.CC1(C)c2ccccc2-c2cc(Nc3ccccc3)ccc21. The van der Waals surface area contributed by atoms with E-state index >= 15 is 0 Å². The number of hydrogen-bond donors (Lipinski definition) is 1. The molecule has 0 fully saturated rings. The van der Waals surface area contributed by atoms with Crippen LogP contribution < -0.4 is 10.2 Å². The average Bonchev–Trinajstić information content (AvgIpc) is 1.59. The van der Waals surface area contributed by atoms with E-state index in [1.165, 1.54) is 110 Å². The van der Waals surface area contributed by atoms with Gasteiger partial charge in [-0.3, -0.25) is 0 Å². The minimum atomic E-state index is -0.0557. The van der Waals surface area contributed by atoms with E-state index in [2.05, 4.69) is 427 Å². The van der Waals surface area contributed by atoms with Crippen LogP contribution in [0, 0.1) is 0 Å². The van der Waals surface area contributed by atoms with Gasteiger partial charge in [0.25, 0.3) is 0 Å². The van der Waals surface area contributed by atoms with Crippen molar-refractivity contribution in [3.8, 4) is 78.1 Å². The number of benzene rings is 18. The van der Waals surface area contributed by atoms with Crippen LogP contribution in [0.4, 0.5) is 28.4 Å². The summed E-state index contributed by atoms with van der Waals surface area (Å²) in [4.78, 5) is 2.42. The fourth-order valence-electron chi connectivity index (χ4n) is 19.2. The van der Waals surface area contributed by atoms with Crippen LogP contribution >= 0.6 is 15.9 Å². The summed E-state index contributed by atoms with van der Waals surface area (Å²) in [7, 11) is 0.